The summed E-state index contributed by atoms with van der Waals surface area (Å²) in [6.07, 6.45) is 0.878. The molecule has 1 atom stereocenters. The standard InChI is InChI=1S/C17H36NO4PSi3/c1-23(18,20-17-13-10-9-11-14-17)19-15-12-16-25(5,6)22-26(7,8)21-24(2,3)4/h9-11,13-14,18H,12,15-16H2,1-8H3. The van der Waals surface area contributed by atoms with Crippen LogP contribution in [0.3, 0.4) is 0 Å². The molecule has 26 heavy (non-hydrogen) atoms. The van der Waals surface area contributed by atoms with Crippen molar-refractivity contribution in [1.82, 2.24) is 0 Å². The lowest BCUT2D eigenvalue weighted by Gasteiger charge is -2.37. The van der Waals surface area contributed by atoms with Crippen LogP contribution in [0.5, 0.6) is 5.75 Å². The molecule has 0 bridgehead atoms. The van der Waals surface area contributed by atoms with Crippen LogP contribution in [0.4, 0.5) is 0 Å². The molecule has 5 nitrogen and oxygen atoms in total. The molecule has 0 saturated heterocycles. The van der Waals surface area contributed by atoms with Crippen LogP contribution >= 0.6 is 7.51 Å². The van der Waals surface area contributed by atoms with Crippen LogP contribution < -0.4 is 4.52 Å². The number of nitrogens with one attached hydrogen (secondary N) is 1. The van der Waals surface area contributed by atoms with Gasteiger partial charge in [-0.25, -0.2) is 0 Å². The van der Waals surface area contributed by atoms with Gasteiger partial charge in [-0.05, 0) is 70.4 Å². The fraction of sp³-hybridized carbons (Fsp3) is 0.647. The highest BCUT2D eigenvalue weighted by Gasteiger charge is 2.37. The summed E-state index contributed by atoms with van der Waals surface area (Å²) >= 11 is 0. The van der Waals surface area contributed by atoms with Crippen molar-refractivity contribution in [3.8, 4) is 5.75 Å². The van der Waals surface area contributed by atoms with Crippen molar-refractivity contribution in [2.75, 3.05) is 13.3 Å². The quantitative estimate of drug-likeness (QED) is 0.246. The van der Waals surface area contributed by atoms with Crippen LogP contribution in [-0.2, 0) is 12.8 Å². The molecule has 0 aliphatic rings. The molecule has 0 heterocycles. The number of benzene rings is 1. The van der Waals surface area contributed by atoms with E-state index in [1.165, 1.54) is 0 Å². The van der Waals surface area contributed by atoms with Crippen LogP contribution in [0.2, 0.25) is 51.9 Å². The SMILES string of the molecule is C[Si](C)(C)O[Si](C)(C)O[Si](C)(C)CCCOP(C)(=N)Oc1ccccc1. The Morgan fingerprint density at radius 1 is 0.923 bits per heavy atom. The second kappa shape index (κ2) is 9.32. The molecule has 1 N–H and O–H groups in total. The van der Waals surface area contributed by atoms with E-state index in [2.05, 4.69) is 45.8 Å². The van der Waals surface area contributed by atoms with Crippen molar-refractivity contribution >= 4 is 32.7 Å². The molecule has 1 aromatic rings. The lowest BCUT2D eigenvalue weighted by molar-refractivity contribution is 0.302. The number of hydrogen-bond donors (Lipinski definition) is 1. The van der Waals surface area contributed by atoms with Crippen molar-refractivity contribution in [3.63, 3.8) is 0 Å². The maximum atomic E-state index is 8.28. The zero-order chi connectivity index (χ0) is 20.1. The molecule has 0 spiro atoms. The van der Waals surface area contributed by atoms with Gasteiger partial charge in [-0.3, -0.25) is 5.16 Å². The van der Waals surface area contributed by atoms with Gasteiger partial charge in [0.15, 0.2) is 16.6 Å². The van der Waals surface area contributed by atoms with Crippen LogP contribution in [0.15, 0.2) is 30.3 Å². The second-order valence-corrected chi connectivity index (χ2v) is 23.5. The van der Waals surface area contributed by atoms with E-state index in [0.29, 0.717) is 12.4 Å². The van der Waals surface area contributed by atoms with Crippen LogP contribution in [-0.4, -0.2) is 38.5 Å². The zero-order valence-corrected chi connectivity index (χ0v) is 21.5. The second-order valence-electron chi connectivity index (χ2n) is 8.66. The van der Waals surface area contributed by atoms with Crippen LogP contribution in [0, 0.1) is 5.16 Å². The van der Waals surface area contributed by atoms with E-state index in [9.17, 15) is 0 Å². The largest absolute Gasteiger partial charge is 0.438 e. The fourth-order valence-electron chi connectivity index (χ4n) is 2.92. The van der Waals surface area contributed by atoms with Gasteiger partial charge in [-0.1, -0.05) is 18.2 Å². The smallest absolute Gasteiger partial charge is 0.311 e. The third-order valence-electron chi connectivity index (χ3n) is 3.36. The Balaban J connectivity index is 2.42. The van der Waals surface area contributed by atoms with Crippen molar-refractivity contribution in [3.05, 3.63) is 30.3 Å². The summed E-state index contributed by atoms with van der Waals surface area (Å²) in [6, 6.07) is 10.4. The van der Waals surface area contributed by atoms with Crippen molar-refractivity contribution in [2.24, 2.45) is 0 Å². The topological polar surface area (TPSA) is 60.8 Å². The molecule has 0 amide bonds. The van der Waals surface area contributed by atoms with Gasteiger partial charge < -0.3 is 17.3 Å². The molecule has 0 aliphatic carbocycles. The summed E-state index contributed by atoms with van der Waals surface area (Å²) in [5, 5.41) is 8.28. The van der Waals surface area contributed by atoms with Gasteiger partial charge in [0, 0.05) is 6.66 Å². The molecule has 0 aliphatic heterocycles. The minimum atomic E-state index is -2.60. The van der Waals surface area contributed by atoms with Gasteiger partial charge in [0.25, 0.3) is 7.51 Å². The molecule has 9 heteroatoms. The third kappa shape index (κ3) is 10.8. The van der Waals surface area contributed by atoms with E-state index < -0.39 is 32.7 Å². The molecule has 1 aromatic carbocycles. The van der Waals surface area contributed by atoms with E-state index in [4.69, 9.17) is 22.4 Å². The van der Waals surface area contributed by atoms with Crippen molar-refractivity contribution in [1.29, 1.82) is 5.16 Å². The molecular formula is C17H36NO4PSi3. The van der Waals surface area contributed by atoms with E-state index >= 15 is 0 Å². The Bertz CT molecular complexity index is 606. The minimum absolute atomic E-state index is 0.525. The van der Waals surface area contributed by atoms with E-state index in [0.717, 1.165) is 12.5 Å². The van der Waals surface area contributed by atoms with Gasteiger partial charge in [-0.2, -0.15) is 0 Å². The number of para-hydroxylation sites is 1. The summed E-state index contributed by atoms with van der Waals surface area (Å²) in [4.78, 5) is 0. The van der Waals surface area contributed by atoms with Crippen molar-refractivity contribution in [2.45, 2.75) is 58.3 Å². The monoisotopic (exact) mass is 433 g/mol. The van der Waals surface area contributed by atoms with Gasteiger partial charge in [0.2, 0.25) is 0 Å². The average molecular weight is 434 g/mol. The molecule has 0 radical (unpaired) electrons. The Hall–Kier alpha value is -0.219. The highest BCUT2D eigenvalue weighted by Crippen LogP contribution is 2.45. The van der Waals surface area contributed by atoms with Gasteiger partial charge >= 0.3 is 8.56 Å². The molecular weight excluding hydrogens is 397 g/mol. The zero-order valence-electron chi connectivity index (χ0n) is 17.6. The summed E-state index contributed by atoms with van der Waals surface area (Å²) < 4.78 is 24.2. The minimum Gasteiger partial charge on any atom is -0.438 e. The number of rotatable bonds is 11. The Morgan fingerprint density at radius 2 is 1.50 bits per heavy atom. The average Bonchev–Trinajstić information content (AvgIpc) is 2.40. The first kappa shape index (κ1) is 23.8. The lowest BCUT2D eigenvalue weighted by atomic mass is 10.3. The first-order chi connectivity index (χ1) is 11.7. The molecule has 0 fully saturated rings. The Labute approximate surface area is 162 Å². The van der Waals surface area contributed by atoms with Crippen LogP contribution in [0.1, 0.15) is 6.42 Å². The summed E-state index contributed by atoms with van der Waals surface area (Å²) in [5.74, 6) is 0.688. The molecule has 1 unspecified atom stereocenters. The molecule has 0 saturated carbocycles. The molecule has 150 valence electrons. The third-order valence-corrected chi connectivity index (χ3v) is 14.7. The first-order valence-electron chi connectivity index (χ1n) is 9.11. The van der Waals surface area contributed by atoms with Crippen molar-refractivity contribution < 1.29 is 17.3 Å². The molecule has 0 aromatic heterocycles. The number of hydrogen-bond acceptors (Lipinski definition) is 5. The van der Waals surface area contributed by atoms with Gasteiger partial charge in [-0.15, -0.1) is 0 Å². The predicted octanol–water partition coefficient (Wildman–Crippen LogP) is 6.49. The van der Waals surface area contributed by atoms with E-state index in [1.807, 2.05) is 30.3 Å². The summed E-state index contributed by atoms with van der Waals surface area (Å²) in [7, 11) is -8.11. The maximum Gasteiger partial charge on any atom is 0.311 e. The fourth-order valence-corrected chi connectivity index (χ4v) is 17.1. The summed E-state index contributed by atoms with van der Waals surface area (Å²) in [5.41, 5.74) is 0. The Kier molecular flexibility index (Phi) is 8.54. The predicted molar refractivity (Wildman–Crippen MR) is 118 cm³/mol. The van der Waals surface area contributed by atoms with Crippen LogP contribution in [0.25, 0.3) is 0 Å². The maximum absolute atomic E-state index is 8.28. The van der Waals surface area contributed by atoms with Gasteiger partial charge in [0.1, 0.15) is 5.75 Å². The lowest BCUT2D eigenvalue weighted by Crippen LogP contribution is -2.51. The normalized spacial score (nSPS) is 15.5. The highest BCUT2D eigenvalue weighted by atomic mass is 31.2. The van der Waals surface area contributed by atoms with E-state index in [-0.39, 0.29) is 0 Å². The summed E-state index contributed by atoms with van der Waals surface area (Å²) in [6.45, 7) is 17.7. The van der Waals surface area contributed by atoms with Gasteiger partial charge in [0.05, 0.1) is 6.61 Å². The molecule has 1 rings (SSSR count). The van der Waals surface area contributed by atoms with E-state index in [1.54, 1.807) is 6.66 Å². The Morgan fingerprint density at radius 3 is 2.04 bits per heavy atom. The first-order valence-corrected chi connectivity index (χ1v) is 20.5. The highest BCUT2D eigenvalue weighted by molar-refractivity contribution is 7.54.